The third-order valence-electron chi connectivity index (χ3n) is 11.8. The Morgan fingerprint density at radius 3 is 1.59 bits per heavy atom. The molecule has 0 unspecified atom stereocenters. The number of carbonyl (C=O) groups excluding carboxylic acids is 4. The maximum atomic E-state index is 14.7. The van der Waals surface area contributed by atoms with Crippen LogP contribution in [0.5, 0.6) is 5.75 Å². The fraction of sp³-hybridized carbons (Fsp3) is 0.685. The first-order chi connectivity index (χ1) is 31.6. The molecular formula is C54H90N4O9Sn. The second kappa shape index (κ2) is 26.8. The molecule has 0 aliphatic carbocycles. The van der Waals surface area contributed by atoms with Gasteiger partial charge in [-0.1, -0.05) is 12.1 Å². The molecule has 0 heterocycles. The number of nitrogens with zero attached hydrogens (tertiary/aromatic N) is 2. The van der Waals surface area contributed by atoms with Crippen LogP contribution in [-0.2, 0) is 36.7 Å². The number of hydrogen-bond donors (Lipinski definition) is 2. The van der Waals surface area contributed by atoms with E-state index in [1.54, 1.807) is 76.3 Å². The number of guanidine groups is 1. The third-order valence-corrected chi connectivity index (χ3v) is 27.5. The quantitative estimate of drug-likeness (QED) is 0.0386. The fourth-order valence-electron chi connectivity index (χ4n) is 8.34. The summed E-state index contributed by atoms with van der Waals surface area (Å²) in [5, 5.41) is 5.79. The molecule has 68 heavy (non-hydrogen) atoms. The van der Waals surface area contributed by atoms with Crippen molar-refractivity contribution in [3.8, 4) is 5.75 Å². The molecule has 0 radical (unpaired) electrons. The monoisotopic (exact) mass is 1060 g/mol. The minimum atomic E-state index is -2.82. The second-order valence-electron chi connectivity index (χ2n) is 22.3. The number of rotatable bonds is 22. The van der Waals surface area contributed by atoms with Gasteiger partial charge in [0, 0.05) is 0 Å². The standard InChI is InChI=1S/C42H63N4O9.3C4H9.Sn/c1-15-52-33(47)42(38(2,3)4,45-36(49)54-40(8,9)10)26-31(25-29-19-17-16-18-20-29)28-46(37(50)55-41(11,12)13)34(44-35(48)53-39(5,6)7)43-27-30-21-23-32(51-14)24-22-30;3*1-3-4-2;/h17-24,31H,15,25-28H2,1-14H3,(H,45,49)(H,43,44,48);3*1,3-4H2,2H3;/t31-,42-;;;;/m1..../s1. The van der Waals surface area contributed by atoms with Crippen LogP contribution in [0.3, 0.4) is 0 Å². The molecule has 384 valence electrons. The zero-order chi connectivity index (χ0) is 51.6. The van der Waals surface area contributed by atoms with Gasteiger partial charge >= 0.3 is 328 Å². The molecule has 13 nitrogen and oxygen atoms in total. The Morgan fingerprint density at radius 2 is 1.15 bits per heavy atom. The topological polar surface area (TPSA) is 154 Å². The second-order valence-corrected chi connectivity index (χ2v) is 35.5. The van der Waals surface area contributed by atoms with E-state index in [-0.39, 0.29) is 32.1 Å². The molecule has 3 amide bonds. The van der Waals surface area contributed by atoms with Crippen LogP contribution in [0.1, 0.15) is 167 Å². The Kier molecular flexibility index (Phi) is 23.7. The first-order valence-electron chi connectivity index (χ1n) is 25.0. The number of methoxy groups -OCH3 is 1. The van der Waals surface area contributed by atoms with E-state index in [2.05, 4.69) is 55.7 Å². The van der Waals surface area contributed by atoms with Gasteiger partial charge in [0.25, 0.3) is 0 Å². The van der Waals surface area contributed by atoms with Crippen molar-refractivity contribution in [2.24, 2.45) is 16.3 Å². The normalized spacial score (nSPS) is 14.0. The molecule has 2 atom stereocenters. The molecular weight excluding hydrogens is 967 g/mol. The molecule has 0 saturated heterocycles. The molecule has 0 aliphatic rings. The molecule has 2 N–H and O–H groups in total. The van der Waals surface area contributed by atoms with Crippen LogP contribution in [0.4, 0.5) is 14.4 Å². The number of benzene rings is 2. The van der Waals surface area contributed by atoms with Gasteiger partial charge in [-0.3, -0.25) is 0 Å². The molecule has 14 heteroatoms. The Balaban J connectivity index is 3.04. The van der Waals surface area contributed by atoms with Crippen molar-refractivity contribution in [3.63, 3.8) is 0 Å². The molecule has 0 fully saturated rings. The van der Waals surface area contributed by atoms with E-state index >= 15 is 0 Å². The summed E-state index contributed by atoms with van der Waals surface area (Å²) in [6.45, 7) is 30.0. The maximum absolute atomic E-state index is 14.7. The zero-order valence-corrected chi connectivity index (χ0v) is 48.0. The number of nitrogens with one attached hydrogen (secondary N) is 2. The average Bonchev–Trinajstić information content (AvgIpc) is 3.22. The number of hydrogen-bond acceptors (Lipinski definition) is 10. The molecule has 2 aromatic rings. The van der Waals surface area contributed by atoms with Gasteiger partial charge in [-0.05, 0) is 53.7 Å². The number of aliphatic imine (C=N–C) groups is 1. The van der Waals surface area contributed by atoms with Crippen molar-refractivity contribution < 1.29 is 42.9 Å². The van der Waals surface area contributed by atoms with Gasteiger partial charge in [0.05, 0.1) is 7.11 Å². The van der Waals surface area contributed by atoms with Crippen molar-refractivity contribution in [2.45, 2.75) is 204 Å². The summed E-state index contributed by atoms with van der Waals surface area (Å²) in [7, 11) is 1.59. The molecule has 0 bridgehead atoms. The van der Waals surface area contributed by atoms with Crippen molar-refractivity contribution in [3.05, 3.63) is 59.7 Å². The Labute approximate surface area is 414 Å². The number of alkyl carbamates (subject to hydrolysis) is 2. The van der Waals surface area contributed by atoms with Crippen LogP contribution < -0.4 is 18.9 Å². The van der Waals surface area contributed by atoms with Gasteiger partial charge in [0.15, 0.2) is 0 Å². The van der Waals surface area contributed by atoms with Gasteiger partial charge < -0.3 is 4.74 Å². The van der Waals surface area contributed by atoms with E-state index in [9.17, 15) is 19.2 Å². The summed E-state index contributed by atoms with van der Waals surface area (Å²) in [4.78, 5) is 63.1. The number of unbranched alkanes of at least 4 members (excludes halogenated alkanes) is 3. The van der Waals surface area contributed by atoms with Crippen molar-refractivity contribution in [2.75, 3.05) is 20.3 Å². The van der Waals surface area contributed by atoms with Crippen LogP contribution >= 0.6 is 0 Å². The number of amides is 3. The molecule has 2 rings (SSSR count). The van der Waals surface area contributed by atoms with Gasteiger partial charge in [0.1, 0.15) is 11.4 Å². The Bertz CT molecular complexity index is 1890. The third kappa shape index (κ3) is 20.1. The van der Waals surface area contributed by atoms with E-state index in [4.69, 9.17) is 28.7 Å². The first kappa shape index (κ1) is 60.1. The Hall–Kier alpha value is -4.01. The van der Waals surface area contributed by atoms with Gasteiger partial charge in [0.2, 0.25) is 0 Å². The van der Waals surface area contributed by atoms with E-state index in [1.807, 2.05) is 45.0 Å². The molecule has 0 aliphatic heterocycles. The summed E-state index contributed by atoms with van der Waals surface area (Å²) < 4.78 is 34.3. The van der Waals surface area contributed by atoms with E-state index in [1.165, 1.54) is 60.3 Å². The number of carbonyl (C=O) groups is 4. The summed E-state index contributed by atoms with van der Waals surface area (Å²) in [5.41, 5.74) is -3.53. The summed E-state index contributed by atoms with van der Waals surface area (Å²) in [6.07, 6.45) is 5.22. The molecule has 0 saturated carbocycles. The molecule has 0 spiro atoms. The molecule has 0 aromatic heterocycles. The number of ether oxygens (including phenoxy) is 5. The molecule has 2 aromatic carbocycles. The predicted molar refractivity (Wildman–Crippen MR) is 277 cm³/mol. The summed E-state index contributed by atoms with van der Waals surface area (Å²) >= 11 is -2.82. The average molecular weight is 1060 g/mol. The van der Waals surface area contributed by atoms with Crippen LogP contribution in [0.15, 0.2) is 53.5 Å². The van der Waals surface area contributed by atoms with Crippen LogP contribution in [0, 0.1) is 11.3 Å². The van der Waals surface area contributed by atoms with E-state index < -0.39 is 76.3 Å². The predicted octanol–water partition coefficient (Wildman–Crippen LogP) is 12.5. The fourth-order valence-corrected chi connectivity index (χ4v) is 24.3. The van der Waals surface area contributed by atoms with Crippen molar-refractivity contribution in [1.29, 1.82) is 0 Å². The van der Waals surface area contributed by atoms with Crippen LogP contribution in [0.25, 0.3) is 0 Å². The van der Waals surface area contributed by atoms with E-state index in [0.29, 0.717) is 12.2 Å². The van der Waals surface area contributed by atoms with Gasteiger partial charge in [-0.2, -0.15) is 0 Å². The van der Waals surface area contributed by atoms with Crippen molar-refractivity contribution in [1.82, 2.24) is 15.5 Å². The first-order valence-corrected chi connectivity index (χ1v) is 32.5. The SMILES string of the molecule is CCC[CH2][Sn]([CH2]CCC)([CH2]CCC)[c]1ccc(C[C@@H](CN(C(=O)OC(C)(C)C)C(=NCc2ccc(OC)cc2)NC(=O)OC(C)(C)C)C[C@@](NC(=O)OC(C)(C)C)(C(=O)OCC)C(C)(C)C)cc1. The van der Waals surface area contributed by atoms with E-state index in [0.717, 1.165) is 11.1 Å². The Morgan fingerprint density at radius 1 is 0.662 bits per heavy atom. The number of esters is 1. The van der Waals surface area contributed by atoms with Crippen molar-refractivity contribution >= 4 is 52.2 Å². The van der Waals surface area contributed by atoms with Crippen LogP contribution in [0.2, 0.25) is 13.3 Å². The summed E-state index contributed by atoms with van der Waals surface area (Å²) in [5.74, 6) is -0.669. The minimum absolute atomic E-state index is 0.000487. The summed E-state index contributed by atoms with van der Waals surface area (Å²) in [6, 6.07) is 16.4. The van der Waals surface area contributed by atoms with Crippen LogP contribution in [-0.4, -0.2) is 96.1 Å². The van der Waals surface area contributed by atoms with Gasteiger partial charge in [-0.15, -0.1) is 0 Å². The zero-order valence-electron chi connectivity index (χ0n) is 45.2. The van der Waals surface area contributed by atoms with Gasteiger partial charge in [-0.25, -0.2) is 0 Å².